The first-order chi connectivity index (χ1) is 7.37. The fourth-order valence-corrected chi connectivity index (χ4v) is 0.924. The van der Waals surface area contributed by atoms with Gasteiger partial charge in [-0.1, -0.05) is 13.8 Å². The Labute approximate surface area is 100 Å². The zero-order chi connectivity index (χ0) is 13.2. The zero-order valence-corrected chi connectivity index (χ0v) is 11.9. The highest BCUT2D eigenvalue weighted by molar-refractivity contribution is 5.67. The second kappa shape index (κ2) is 9.46. The van der Waals surface area contributed by atoms with Gasteiger partial charge in [-0.2, -0.15) is 0 Å². The average Bonchev–Trinajstić information content (AvgIpc) is 2.18. The summed E-state index contributed by atoms with van der Waals surface area (Å²) in [6.45, 7) is 11.2. The molecule has 0 aliphatic rings. The van der Waals surface area contributed by atoms with E-state index in [4.69, 9.17) is 4.74 Å². The molecule has 0 saturated carbocycles. The minimum absolute atomic E-state index is 0.256. The molecule has 4 nitrogen and oxygen atoms in total. The maximum atomic E-state index is 11.4. The summed E-state index contributed by atoms with van der Waals surface area (Å²) in [4.78, 5) is 13.0. The predicted molar refractivity (Wildman–Crippen MR) is 68.8 cm³/mol. The highest BCUT2D eigenvalue weighted by Crippen LogP contribution is 2.08. The Kier molecular flexibility index (Phi) is 10.4. The summed E-state index contributed by atoms with van der Waals surface area (Å²) in [5.41, 5.74) is -0.408. The van der Waals surface area contributed by atoms with Crippen LogP contribution in [0.5, 0.6) is 0 Å². The monoisotopic (exact) mass is 232 g/mol. The Bertz CT molecular complexity index is 176. The maximum absolute atomic E-state index is 11.4. The van der Waals surface area contributed by atoms with Crippen LogP contribution >= 0.6 is 0 Å². The van der Waals surface area contributed by atoms with Crippen molar-refractivity contribution in [3.05, 3.63) is 0 Å². The molecular weight excluding hydrogens is 204 g/mol. The van der Waals surface area contributed by atoms with Crippen molar-refractivity contribution in [2.24, 2.45) is 0 Å². The van der Waals surface area contributed by atoms with Gasteiger partial charge in [0.2, 0.25) is 0 Å². The van der Waals surface area contributed by atoms with Gasteiger partial charge in [-0.15, -0.1) is 0 Å². The van der Waals surface area contributed by atoms with Gasteiger partial charge in [0.15, 0.2) is 0 Å². The molecule has 0 bridgehead atoms. The third-order valence-corrected chi connectivity index (χ3v) is 1.63. The minimum Gasteiger partial charge on any atom is -0.444 e. The number of carbonyl (C=O) groups is 1. The van der Waals surface area contributed by atoms with E-state index in [1.165, 1.54) is 0 Å². The first-order valence-electron chi connectivity index (χ1n) is 5.95. The summed E-state index contributed by atoms with van der Waals surface area (Å²) in [5, 5.41) is 3.03. The van der Waals surface area contributed by atoms with E-state index in [9.17, 15) is 4.79 Å². The van der Waals surface area contributed by atoms with Gasteiger partial charge in [0.05, 0.1) is 0 Å². The van der Waals surface area contributed by atoms with E-state index in [0.29, 0.717) is 0 Å². The van der Waals surface area contributed by atoms with Gasteiger partial charge >= 0.3 is 6.09 Å². The van der Waals surface area contributed by atoms with Crippen LogP contribution in [0.3, 0.4) is 0 Å². The normalized spacial score (nSPS) is 10.2. The molecule has 0 aliphatic heterocycles. The Hall–Kier alpha value is -0.770. The minimum atomic E-state index is -0.408. The number of carbonyl (C=O) groups excluding carboxylic acids is 1. The van der Waals surface area contributed by atoms with Gasteiger partial charge < -0.3 is 15.0 Å². The molecule has 0 unspecified atom stereocenters. The Morgan fingerprint density at radius 1 is 1.31 bits per heavy atom. The molecule has 0 fully saturated rings. The van der Waals surface area contributed by atoms with E-state index >= 15 is 0 Å². The number of nitrogens with one attached hydrogen (secondary N) is 1. The van der Waals surface area contributed by atoms with Crippen molar-refractivity contribution in [2.75, 3.05) is 27.2 Å². The summed E-state index contributed by atoms with van der Waals surface area (Å²) in [7, 11) is 3.65. The molecule has 1 N–H and O–H groups in total. The smallest absolute Gasteiger partial charge is 0.410 e. The second-order valence-corrected chi connectivity index (χ2v) is 4.36. The number of amides is 1. The molecule has 1 amide bonds. The van der Waals surface area contributed by atoms with Crippen LogP contribution in [0.15, 0.2) is 0 Å². The lowest BCUT2D eigenvalue weighted by Gasteiger charge is -2.24. The van der Waals surface area contributed by atoms with E-state index in [0.717, 1.165) is 19.5 Å². The van der Waals surface area contributed by atoms with Gasteiger partial charge in [0.1, 0.15) is 5.60 Å². The lowest BCUT2D eigenvalue weighted by Crippen LogP contribution is -2.35. The average molecular weight is 232 g/mol. The van der Waals surface area contributed by atoms with Gasteiger partial charge in [-0.3, -0.25) is 0 Å². The van der Waals surface area contributed by atoms with Crippen molar-refractivity contribution in [1.29, 1.82) is 0 Å². The summed E-state index contributed by atoms with van der Waals surface area (Å²) in [5.74, 6) is 0. The van der Waals surface area contributed by atoms with Gasteiger partial charge in [-0.25, -0.2) is 4.79 Å². The quantitative estimate of drug-likeness (QED) is 0.757. The number of ether oxygens (including phenoxy) is 1. The van der Waals surface area contributed by atoms with Crippen LogP contribution in [0.25, 0.3) is 0 Å². The highest BCUT2D eigenvalue weighted by atomic mass is 16.6. The molecule has 0 aromatic rings. The SMILES string of the molecule is CC.CNCCCN(C)C(=O)OC(C)(C)C. The fourth-order valence-electron chi connectivity index (χ4n) is 0.924. The standard InChI is InChI=1S/C10H22N2O2.C2H6/c1-10(2,3)14-9(13)12(5)8-6-7-11-4;1-2/h11H,6-8H2,1-5H3;1-2H3. The fraction of sp³-hybridized carbons (Fsp3) is 0.917. The molecule has 0 atom stereocenters. The molecule has 16 heavy (non-hydrogen) atoms. The molecule has 0 rings (SSSR count). The zero-order valence-electron chi connectivity index (χ0n) is 11.9. The van der Waals surface area contributed by atoms with E-state index in [1.54, 1.807) is 11.9 Å². The molecular formula is C12H28N2O2. The van der Waals surface area contributed by atoms with Crippen molar-refractivity contribution in [3.8, 4) is 0 Å². The topological polar surface area (TPSA) is 41.6 Å². The molecule has 0 aliphatic carbocycles. The third-order valence-electron chi connectivity index (χ3n) is 1.63. The largest absolute Gasteiger partial charge is 0.444 e. The summed E-state index contributed by atoms with van der Waals surface area (Å²) >= 11 is 0. The van der Waals surface area contributed by atoms with Gasteiger partial charge in [0, 0.05) is 13.6 Å². The van der Waals surface area contributed by atoms with Crippen LogP contribution in [0.1, 0.15) is 41.0 Å². The van der Waals surface area contributed by atoms with Crippen LogP contribution in [0.4, 0.5) is 4.79 Å². The summed E-state index contributed by atoms with van der Waals surface area (Å²) < 4.78 is 5.20. The van der Waals surface area contributed by atoms with E-state index in [1.807, 2.05) is 41.7 Å². The third kappa shape index (κ3) is 11.3. The van der Waals surface area contributed by atoms with Crippen molar-refractivity contribution >= 4 is 6.09 Å². The lowest BCUT2D eigenvalue weighted by molar-refractivity contribution is 0.0297. The summed E-state index contributed by atoms with van der Waals surface area (Å²) in [6, 6.07) is 0. The molecule has 0 aromatic heterocycles. The molecule has 0 radical (unpaired) electrons. The van der Waals surface area contributed by atoms with Crippen molar-refractivity contribution in [1.82, 2.24) is 10.2 Å². The second-order valence-electron chi connectivity index (χ2n) is 4.36. The van der Waals surface area contributed by atoms with E-state index < -0.39 is 5.60 Å². The molecule has 0 spiro atoms. The van der Waals surface area contributed by atoms with Crippen molar-refractivity contribution < 1.29 is 9.53 Å². The number of hydrogen-bond acceptors (Lipinski definition) is 3. The van der Waals surface area contributed by atoms with Crippen LogP contribution in [-0.2, 0) is 4.74 Å². The number of rotatable bonds is 4. The highest BCUT2D eigenvalue weighted by Gasteiger charge is 2.18. The molecule has 0 aromatic carbocycles. The maximum Gasteiger partial charge on any atom is 0.410 e. The molecule has 98 valence electrons. The van der Waals surface area contributed by atoms with E-state index in [2.05, 4.69) is 5.32 Å². The number of nitrogens with zero attached hydrogens (tertiary/aromatic N) is 1. The predicted octanol–water partition coefficient (Wildman–Crippen LogP) is 2.49. The Morgan fingerprint density at radius 3 is 2.19 bits per heavy atom. The van der Waals surface area contributed by atoms with Gasteiger partial charge in [-0.05, 0) is 40.8 Å². The summed E-state index contributed by atoms with van der Waals surface area (Å²) in [6.07, 6.45) is 0.681. The van der Waals surface area contributed by atoms with Crippen LogP contribution in [0.2, 0.25) is 0 Å². The van der Waals surface area contributed by atoms with Crippen molar-refractivity contribution in [2.45, 2.75) is 46.6 Å². The van der Waals surface area contributed by atoms with Crippen LogP contribution in [-0.4, -0.2) is 43.8 Å². The van der Waals surface area contributed by atoms with Gasteiger partial charge in [0.25, 0.3) is 0 Å². The molecule has 4 heteroatoms. The first kappa shape index (κ1) is 17.6. The Balaban J connectivity index is 0. The molecule has 0 saturated heterocycles. The lowest BCUT2D eigenvalue weighted by atomic mass is 10.2. The van der Waals surface area contributed by atoms with Crippen LogP contribution in [0, 0.1) is 0 Å². The van der Waals surface area contributed by atoms with Crippen molar-refractivity contribution in [3.63, 3.8) is 0 Å². The van der Waals surface area contributed by atoms with E-state index in [-0.39, 0.29) is 6.09 Å². The van der Waals surface area contributed by atoms with Crippen LogP contribution < -0.4 is 5.32 Å². The Morgan fingerprint density at radius 2 is 1.81 bits per heavy atom. The first-order valence-corrected chi connectivity index (χ1v) is 5.95. The molecule has 0 heterocycles. The number of hydrogen-bond donors (Lipinski definition) is 1.